The van der Waals surface area contributed by atoms with Crippen molar-refractivity contribution in [3.63, 3.8) is 0 Å². The highest BCUT2D eigenvalue weighted by molar-refractivity contribution is 6.01. The lowest BCUT2D eigenvalue weighted by Gasteiger charge is -2.45. The van der Waals surface area contributed by atoms with E-state index in [1.54, 1.807) is 4.90 Å². The van der Waals surface area contributed by atoms with Crippen LogP contribution in [0.15, 0.2) is 48.5 Å². The van der Waals surface area contributed by atoms with E-state index in [1.165, 1.54) is 6.42 Å². The molecule has 0 bridgehead atoms. The largest absolute Gasteiger partial charge is 0.351 e. The standard InChI is InChI=1S/C27H32N4O2/c1-18-10-4-6-12-20(18)16-31-25(32)24-28-22-14-8-9-15-23(22)30(24)17-27(31,3)26(33)29-21-13-7-5-11-19(21)2/h4,6,8-10,12,14-15,19,21H,5,7,11,13,16-17H2,1-3H3,(H,29,33)/t19-,21+,27-/m1/s1. The predicted octanol–water partition coefficient (Wildman–Crippen LogP) is 4.45. The number of benzene rings is 2. The molecule has 2 aliphatic rings. The molecule has 1 N–H and O–H groups in total. The molecule has 1 aliphatic carbocycles. The second-order valence-electron chi connectivity index (χ2n) is 9.94. The molecular weight excluding hydrogens is 412 g/mol. The molecule has 0 saturated heterocycles. The Morgan fingerprint density at radius 3 is 2.64 bits per heavy atom. The number of nitrogens with one attached hydrogen (secondary N) is 1. The molecule has 3 atom stereocenters. The fraction of sp³-hybridized carbons (Fsp3) is 0.444. The Hall–Kier alpha value is -3.15. The Kier molecular flexibility index (Phi) is 5.47. The van der Waals surface area contributed by atoms with Crippen LogP contribution in [0.5, 0.6) is 0 Å². The lowest BCUT2D eigenvalue weighted by Crippen LogP contribution is -2.65. The molecule has 1 aliphatic heterocycles. The van der Waals surface area contributed by atoms with E-state index in [0.717, 1.165) is 41.4 Å². The van der Waals surface area contributed by atoms with Gasteiger partial charge in [0.25, 0.3) is 5.91 Å². The van der Waals surface area contributed by atoms with E-state index < -0.39 is 5.54 Å². The zero-order valence-corrected chi connectivity index (χ0v) is 19.7. The summed E-state index contributed by atoms with van der Waals surface area (Å²) < 4.78 is 1.93. The van der Waals surface area contributed by atoms with Gasteiger partial charge in [-0.25, -0.2) is 4.98 Å². The van der Waals surface area contributed by atoms with Crippen LogP contribution in [0.25, 0.3) is 11.0 Å². The lowest BCUT2D eigenvalue weighted by atomic mass is 9.85. The number of carbonyl (C=O) groups is 2. The van der Waals surface area contributed by atoms with Gasteiger partial charge in [0.15, 0.2) is 5.82 Å². The molecule has 0 radical (unpaired) electrons. The van der Waals surface area contributed by atoms with E-state index in [4.69, 9.17) is 0 Å². The molecule has 2 aromatic carbocycles. The zero-order chi connectivity index (χ0) is 23.2. The van der Waals surface area contributed by atoms with E-state index >= 15 is 0 Å². The Morgan fingerprint density at radius 2 is 1.85 bits per heavy atom. The summed E-state index contributed by atoms with van der Waals surface area (Å²) in [5, 5.41) is 3.33. The number of aromatic nitrogens is 2. The fourth-order valence-electron chi connectivity index (χ4n) is 5.39. The first kappa shape index (κ1) is 21.7. The molecule has 0 unspecified atom stereocenters. The molecule has 2 amide bonds. The van der Waals surface area contributed by atoms with Gasteiger partial charge in [0.1, 0.15) is 5.54 Å². The molecule has 1 fully saturated rings. The second-order valence-corrected chi connectivity index (χ2v) is 9.94. The number of hydrogen-bond donors (Lipinski definition) is 1. The van der Waals surface area contributed by atoms with Crippen molar-refractivity contribution in [1.82, 2.24) is 19.8 Å². The zero-order valence-electron chi connectivity index (χ0n) is 19.7. The molecule has 5 rings (SSSR count). The average Bonchev–Trinajstić information content (AvgIpc) is 3.18. The summed E-state index contributed by atoms with van der Waals surface area (Å²) in [6.07, 6.45) is 4.47. The van der Waals surface area contributed by atoms with Crippen LogP contribution in [0.1, 0.15) is 61.3 Å². The van der Waals surface area contributed by atoms with Crippen LogP contribution >= 0.6 is 0 Å². The van der Waals surface area contributed by atoms with Gasteiger partial charge in [-0.2, -0.15) is 0 Å². The van der Waals surface area contributed by atoms with Crippen molar-refractivity contribution in [3.05, 3.63) is 65.5 Å². The minimum atomic E-state index is -1.02. The van der Waals surface area contributed by atoms with Crippen LogP contribution in [0.3, 0.4) is 0 Å². The maximum absolute atomic E-state index is 13.9. The summed E-state index contributed by atoms with van der Waals surface area (Å²) >= 11 is 0. The number of amides is 2. The van der Waals surface area contributed by atoms with Crippen LogP contribution in [0.4, 0.5) is 0 Å². The number of nitrogens with zero attached hydrogens (tertiary/aromatic N) is 3. The predicted molar refractivity (Wildman–Crippen MR) is 129 cm³/mol. The number of imidazole rings is 1. The summed E-state index contributed by atoms with van der Waals surface area (Å²) in [7, 11) is 0. The Morgan fingerprint density at radius 1 is 1.12 bits per heavy atom. The number of fused-ring (bicyclic) bond motifs is 3. The summed E-state index contributed by atoms with van der Waals surface area (Å²) in [4.78, 5) is 34.1. The minimum Gasteiger partial charge on any atom is -0.351 e. The fourth-order valence-corrected chi connectivity index (χ4v) is 5.39. The third-order valence-electron chi connectivity index (χ3n) is 7.66. The SMILES string of the molecule is Cc1ccccc1CN1C(=O)c2nc3ccccc3n2C[C@]1(C)C(=O)N[C@H]1CCCC[C@H]1C. The smallest absolute Gasteiger partial charge is 0.291 e. The highest BCUT2D eigenvalue weighted by atomic mass is 16.2. The minimum absolute atomic E-state index is 0.0772. The molecule has 3 aromatic rings. The number of aryl methyl sites for hydroxylation is 1. The van der Waals surface area contributed by atoms with E-state index in [2.05, 4.69) is 17.2 Å². The summed E-state index contributed by atoms with van der Waals surface area (Å²) in [6, 6.07) is 16.0. The normalized spacial score (nSPS) is 25.2. The first-order chi connectivity index (χ1) is 15.9. The van der Waals surface area contributed by atoms with Gasteiger partial charge in [-0.1, -0.05) is 56.2 Å². The van der Waals surface area contributed by atoms with Crippen molar-refractivity contribution >= 4 is 22.8 Å². The van der Waals surface area contributed by atoms with Crippen LogP contribution in [-0.4, -0.2) is 37.8 Å². The van der Waals surface area contributed by atoms with Gasteiger partial charge in [0.05, 0.1) is 17.6 Å². The second kappa shape index (κ2) is 8.32. The maximum atomic E-state index is 13.9. The van der Waals surface area contributed by atoms with Gasteiger partial charge in [-0.15, -0.1) is 0 Å². The third-order valence-corrected chi connectivity index (χ3v) is 7.66. The van der Waals surface area contributed by atoms with Crippen LogP contribution in [0, 0.1) is 12.8 Å². The van der Waals surface area contributed by atoms with E-state index in [0.29, 0.717) is 24.8 Å². The van der Waals surface area contributed by atoms with Gasteiger partial charge in [0, 0.05) is 12.6 Å². The van der Waals surface area contributed by atoms with Crippen molar-refractivity contribution in [3.8, 4) is 0 Å². The Balaban J connectivity index is 1.56. The Bertz CT molecular complexity index is 1220. The van der Waals surface area contributed by atoms with E-state index in [-0.39, 0.29) is 17.9 Å². The molecule has 1 aromatic heterocycles. The number of carbonyl (C=O) groups excluding carboxylic acids is 2. The topological polar surface area (TPSA) is 67.2 Å². The van der Waals surface area contributed by atoms with E-state index in [9.17, 15) is 9.59 Å². The molecule has 6 heteroatoms. The van der Waals surface area contributed by atoms with Gasteiger partial charge in [-0.3, -0.25) is 9.59 Å². The molecule has 2 heterocycles. The monoisotopic (exact) mass is 444 g/mol. The highest BCUT2D eigenvalue weighted by Crippen LogP contribution is 2.33. The highest BCUT2D eigenvalue weighted by Gasteiger charge is 2.49. The lowest BCUT2D eigenvalue weighted by molar-refractivity contribution is -0.134. The Labute approximate surface area is 195 Å². The molecule has 0 spiro atoms. The van der Waals surface area contributed by atoms with Gasteiger partial charge >= 0.3 is 0 Å². The first-order valence-electron chi connectivity index (χ1n) is 12.0. The third kappa shape index (κ3) is 3.71. The molecule has 172 valence electrons. The van der Waals surface area contributed by atoms with Crippen molar-refractivity contribution < 1.29 is 9.59 Å². The quantitative estimate of drug-likeness (QED) is 0.646. The summed E-state index contributed by atoms with van der Waals surface area (Å²) in [6.45, 7) is 6.92. The molecule has 33 heavy (non-hydrogen) atoms. The van der Waals surface area contributed by atoms with Crippen molar-refractivity contribution in [1.29, 1.82) is 0 Å². The van der Waals surface area contributed by atoms with Crippen molar-refractivity contribution in [2.24, 2.45) is 5.92 Å². The van der Waals surface area contributed by atoms with Crippen molar-refractivity contribution in [2.45, 2.75) is 71.1 Å². The van der Waals surface area contributed by atoms with Gasteiger partial charge in [0.2, 0.25) is 5.91 Å². The number of para-hydroxylation sites is 2. The van der Waals surface area contributed by atoms with Gasteiger partial charge in [-0.05, 0) is 55.9 Å². The summed E-state index contributed by atoms with van der Waals surface area (Å²) in [5.41, 5.74) is 2.80. The maximum Gasteiger partial charge on any atom is 0.291 e. The van der Waals surface area contributed by atoms with Crippen molar-refractivity contribution in [2.75, 3.05) is 0 Å². The van der Waals surface area contributed by atoms with Crippen LogP contribution in [0.2, 0.25) is 0 Å². The molecule has 1 saturated carbocycles. The van der Waals surface area contributed by atoms with E-state index in [1.807, 2.05) is 66.9 Å². The average molecular weight is 445 g/mol. The molecular formula is C27H32N4O2. The van der Waals surface area contributed by atoms with Crippen LogP contribution in [-0.2, 0) is 17.9 Å². The van der Waals surface area contributed by atoms with Gasteiger partial charge < -0.3 is 14.8 Å². The summed E-state index contributed by atoms with van der Waals surface area (Å²) in [5.74, 6) is 0.572. The number of rotatable bonds is 4. The van der Waals surface area contributed by atoms with Crippen LogP contribution < -0.4 is 5.32 Å². The molecule has 6 nitrogen and oxygen atoms in total. The first-order valence-corrected chi connectivity index (χ1v) is 12.0. The number of hydrogen-bond acceptors (Lipinski definition) is 3.